The van der Waals surface area contributed by atoms with Gasteiger partial charge >= 0.3 is 13.8 Å². The summed E-state index contributed by atoms with van der Waals surface area (Å²) < 4.78 is 30.6. The molecule has 0 radical (unpaired) electrons. The molecule has 0 aliphatic heterocycles. The van der Waals surface area contributed by atoms with E-state index in [2.05, 4.69) is 74.7 Å². The summed E-state index contributed by atoms with van der Waals surface area (Å²) in [7, 11) is 1.48. The van der Waals surface area contributed by atoms with E-state index in [0.717, 1.165) is 77.0 Å². The number of unbranched alkanes of at least 4 members (excludes halogenated alkanes) is 33. The van der Waals surface area contributed by atoms with Crippen LogP contribution in [0.15, 0.2) is 60.8 Å². The molecule has 0 rings (SSSR count). The van der Waals surface area contributed by atoms with Crippen molar-refractivity contribution in [2.24, 2.45) is 0 Å². The molecule has 0 aliphatic rings. The number of allylic oxidation sites excluding steroid dienone is 9. The van der Waals surface area contributed by atoms with Gasteiger partial charge in [-0.25, -0.2) is 4.57 Å². The number of phosphoric ester groups is 1. The van der Waals surface area contributed by atoms with Crippen LogP contribution in [0, 0.1) is 0 Å². The van der Waals surface area contributed by atoms with E-state index in [9.17, 15) is 19.0 Å². The molecule has 0 spiro atoms. The molecule has 0 aromatic heterocycles. The molecule has 73 heavy (non-hydrogen) atoms. The van der Waals surface area contributed by atoms with Crippen LogP contribution in [0.5, 0.6) is 0 Å². The Balaban J connectivity index is 5.13. The van der Waals surface area contributed by atoms with E-state index >= 15 is 0 Å². The minimum atomic E-state index is -4.45. The van der Waals surface area contributed by atoms with Crippen LogP contribution in [-0.4, -0.2) is 74.3 Å². The van der Waals surface area contributed by atoms with Crippen molar-refractivity contribution in [1.82, 2.24) is 5.32 Å². The number of hydrogen-bond donors (Lipinski definition) is 2. The smallest absolute Gasteiger partial charge is 0.456 e. The van der Waals surface area contributed by atoms with Gasteiger partial charge in [-0.05, 0) is 76.7 Å². The van der Waals surface area contributed by atoms with Crippen molar-refractivity contribution < 1.29 is 37.3 Å². The lowest BCUT2D eigenvalue weighted by atomic mass is 10.0. The zero-order valence-corrected chi connectivity index (χ0v) is 49.5. The van der Waals surface area contributed by atoms with Crippen molar-refractivity contribution in [2.75, 3.05) is 40.9 Å². The molecular weight excluding hydrogens is 928 g/mol. The zero-order valence-electron chi connectivity index (χ0n) is 48.6. The summed E-state index contributed by atoms with van der Waals surface area (Å²) in [5, 5.41) is 3.05. The number of nitrogens with one attached hydrogen (secondary N) is 1. The molecule has 1 amide bonds. The topological polar surface area (TPSA) is 111 Å². The van der Waals surface area contributed by atoms with Gasteiger partial charge in [0.25, 0.3) is 0 Å². The number of ether oxygens (including phenoxy) is 1. The van der Waals surface area contributed by atoms with Crippen molar-refractivity contribution in [2.45, 2.75) is 290 Å². The highest BCUT2D eigenvalue weighted by Crippen LogP contribution is 2.43. The zero-order chi connectivity index (χ0) is 53.6. The van der Waals surface area contributed by atoms with Gasteiger partial charge in [-0.2, -0.15) is 0 Å². The van der Waals surface area contributed by atoms with Crippen LogP contribution in [0.1, 0.15) is 278 Å². The minimum absolute atomic E-state index is 0.0359. The monoisotopic (exact) mass is 1050 g/mol. The van der Waals surface area contributed by atoms with Crippen molar-refractivity contribution in [3.63, 3.8) is 0 Å². The van der Waals surface area contributed by atoms with Gasteiger partial charge in [0.15, 0.2) is 0 Å². The molecule has 0 aromatic rings. The number of phosphoric acid groups is 1. The predicted molar refractivity (Wildman–Crippen MR) is 314 cm³/mol. The Hall–Kier alpha value is -2.29. The molecule has 3 unspecified atom stereocenters. The molecule has 0 saturated carbocycles. The molecular formula is C63H118N2O7P+. The summed E-state index contributed by atoms with van der Waals surface area (Å²) in [5.41, 5.74) is 0. The van der Waals surface area contributed by atoms with Crippen molar-refractivity contribution in [3.8, 4) is 0 Å². The molecule has 9 nitrogen and oxygen atoms in total. The second-order valence-corrected chi connectivity index (χ2v) is 23.4. The Kier molecular flexibility index (Phi) is 51.5. The fraction of sp³-hybridized carbons (Fsp3) is 0.810. The quantitative estimate of drug-likeness (QED) is 0.0156. The van der Waals surface area contributed by atoms with Crippen LogP contribution in [-0.2, 0) is 27.9 Å². The molecule has 0 aromatic carbocycles. The highest BCUT2D eigenvalue weighted by atomic mass is 31.2. The molecule has 0 fully saturated rings. The Morgan fingerprint density at radius 2 is 0.890 bits per heavy atom. The van der Waals surface area contributed by atoms with Crippen LogP contribution in [0.2, 0.25) is 0 Å². The Bertz CT molecular complexity index is 1440. The molecule has 426 valence electrons. The van der Waals surface area contributed by atoms with Gasteiger partial charge in [-0.1, -0.05) is 249 Å². The largest absolute Gasteiger partial charge is 0.472 e. The highest BCUT2D eigenvalue weighted by molar-refractivity contribution is 7.47. The first-order valence-corrected chi connectivity index (χ1v) is 32.1. The number of esters is 1. The summed E-state index contributed by atoms with van der Waals surface area (Å²) in [4.78, 5) is 37.6. The fourth-order valence-corrected chi connectivity index (χ4v) is 9.49. The van der Waals surface area contributed by atoms with Crippen molar-refractivity contribution >= 4 is 19.7 Å². The predicted octanol–water partition coefficient (Wildman–Crippen LogP) is 18.7. The van der Waals surface area contributed by atoms with Crippen LogP contribution < -0.4 is 5.32 Å². The number of rotatable bonds is 55. The average Bonchev–Trinajstić information content (AvgIpc) is 3.35. The lowest BCUT2D eigenvalue weighted by molar-refractivity contribution is -0.870. The standard InChI is InChI=1S/C63H117N2O7P/c1-7-10-13-16-19-22-25-27-28-29-30-31-32-33-34-35-36-38-40-43-46-49-52-55-62(66)64-60(59-71-73(68,69)70-58-57-65(4,5)6)61(54-51-48-45-42-39-24-21-18-15-12-9-3)72-63(67)56-53-50-47-44-41-37-26-23-20-17-14-11-8-2/h11,14,17,20,23,26-28,51,54,60-61H,7-10,12-13,15-16,18-19,21-22,24-25,29-50,52-53,55-59H2,1-6H3,(H-,64,66,68,69)/p+1/b14-11+,20-17+,26-23-,28-27+,54-51-. The number of quaternary nitrogens is 1. The first-order chi connectivity index (χ1) is 35.4. The average molecular weight is 1050 g/mol. The van der Waals surface area contributed by atoms with E-state index in [1.807, 2.05) is 33.3 Å². The van der Waals surface area contributed by atoms with Gasteiger partial charge in [-0.15, -0.1) is 0 Å². The molecule has 3 atom stereocenters. The lowest BCUT2D eigenvalue weighted by Gasteiger charge is -2.27. The number of carbonyl (C=O) groups is 2. The summed E-state index contributed by atoms with van der Waals surface area (Å²) in [5.74, 6) is -0.525. The van der Waals surface area contributed by atoms with E-state index in [1.54, 1.807) is 0 Å². The highest BCUT2D eigenvalue weighted by Gasteiger charge is 2.30. The van der Waals surface area contributed by atoms with E-state index in [-0.39, 0.29) is 31.5 Å². The fourth-order valence-electron chi connectivity index (χ4n) is 8.76. The molecule has 0 saturated heterocycles. The third kappa shape index (κ3) is 54.3. The number of likely N-dealkylation sites (N-methyl/N-ethyl adjacent to an activating group) is 1. The summed E-state index contributed by atoms with van der Waals surface area (Å²) in [6.45, 7) is 6.87. The maximum Gasteiger partial charge on any atom is 0.472 e. The molecule has 0 bridgehead atoms. The first kappa shape index (κ1) is 70.7. The molecule has 0 aliphatic carbocycles. The van der Waals surface area contributed by atoms with Gasteiger partial charge in [0.2, 0.25) is 5.91 Å². The van der Waals surface area contributed by atoms with Crippen molar-refractivity contribution in [1.29, 1.82) is 0 Å². The lowest BCUT2D eigenvalue weighted by Crippen LogP contribution is -2.47. The Morgan fingerprint density at radius 1 is 0.493 bits per heavy atom. The maximum atomic E-state index is 13.5. The van der Waals surface area contributed by atoms with E-state index in [1.165, 1.54) is 161 Å². The van der Waals surface area contributed by atoms with Crippen LogP contribution in [0.25, 0.3) is 0 Å². The second kappa shape index (κ2) is 53.1. The van der Waals surface area contributed by atoms with E-state index in [4.69, 9.17) is 13.8 Å². The molecule has 2 N–H and O–H groups in total. The number of hydrogen-bond acceptors (Lipinski definition) is 6. The van der Waals surface area contributed by atoms with Crippen LogP contribution in [0.3, 0.4) is 0 Å². The third-order valence-corrected chi connectivity index (χ3v) is 14.5. The van der Waals surface area contributed by atoms with Gasteiger partial charge < -0.3 is 19.4 Å². The van der Waals surface area contributed by atoms with Gasteiger partial charge in [0.1, 0.15) is 19.3 Å². The van der Waals surface area contributed by atoms with E-state index < -0.39 is 20.0 Å². The van der Waals surface area contributed by atoms with Gasteiger partial charge in [0.05, 0.1) is 33.8 Å². The number of nitrogens with zero attached hydrogens (tertiary/aromatic N) is 1. The minimum Gasteiger partial charge on any atom is -0.456 e. The van der Waals surface area contributed by atoms with Crippen LogP contribution in [0.4, 0.5) is 0 Å². The van der Waals surface area contributed by atoms with E-state index in [0.29, 0.717) is 23.9 Å². The SMILES string of the molecule is CC/C=C/C=C/C=C\CCCCCCCC(=O)OC(/C=C\CCCCCCCCCCC)C(COP(=O)(O)OCC[N+](C)(C)C)NC(=O)CCCCCCCCCCCCCCC/C=C/CCCCCCCC. The normalized spacial score (nSPS) is 14.1. The number of carbonyl (C=O) groups excluding carboxylic acids is 2. The maximum absolute atomic E-state index is 13.5. The van der Waals surface area contributed by atoms with Crippen molar-refractivity contribution in [3.05, 3.63) is 60.8 Å². The summed E-state index contributed by atoms with van der Waals surface area (Å²) in [6.07, 6.45) is 66.6. The van der Waals surface area contributed by atoms with Gasteiger partial charge in [0, 0.05) is 12.8 Å². The second-order valence-electron chi connectivity index (χ2n) is 21.9. The molecule has 10 heteroatoms. The Morgan fingerprint density at radius 3 is 1.34 bits per heavy atom. The Labute approximate surface area is 451 Å². The summed E-state index contributed by atoms with van der Waals surface area (Å²) >= 11 is 0. The number of amides is 1. The third-order valence-electron chi connectivity index (χ3n) is 13.5. The van der Waals surface area contributed by atoms with Gasteiger partial charge in [-0.3, -0.25) is 18.6 Å². The summed E-state index contributed by atoms with van der Waals surface area (Å²) in [6, 6.07) is -0.856. The van der Waals surface area contributed by atoms with Crippen LogP contribution >= 0.6 is 7.82 Å². The molecule has 0 heterocycles. The first-order valence-electron chi connectivity index (χ1n) is 30.6.